The first-order valence-electron chi connectivity index (χ1n) is 9.46. The van der Waals surface area contributed by atoms with Crippen LogP contribution in [-0.4, -0.2) is 38.8 Å². The number of sulfonamides is 1. The van der Waals surface area contributed by atoms with Gasteiger partial charge < -0.3 is 14.8 Å². The first-order chi connectivity index (χ1) is 13.6. The third kappa shape index (κ3) is 3.89. The van der Waals surface area contributed by atoms with E-state index < -0.39 is 21.7 Å². The number of nitrogens with zero attached hydrogens (tertiary/aromatic N) is 1. The highest BCUT2D eigenvalue weighted by Gasteiger charge is 2.38. The number of hydrogen-bond acceptors (Lipinski definition) is 5. The van der Waals surface area contributed by atoms with Crippen molar-refractivity contribution in [2.45, 2.75) is 38.0 Å². The molecule has 0 aromatic heterocycles. The molecule has 0 fully saturated rings. The normalized spacial score (nSPS) is 22.5. The summed E-state index contributed by atoms with van der Waals surface area (Å²) in [4.78, 5) is 13.1. The van der Waals surface area contributed by atoms with Gasteiger partial charge in [-0.3, -0.25) is 9.10 Å². The van der Waals surface area contributed by atoms with Crippen molar-refractivity contribution < 1.29 is 22.7 Å². The van der Waals surface area contributed by atoms with E-state index in [1.54, 1.807) is 24.3 Å². The fraction of sp³-hybridized carbons (Fsp3) is 0.381. The molecular weight excluding hydrogens is 392 g/mol. The van der Waals surface area contributed by atoms with E-state index in [0.29, 0.717) is 17.9 Å². The second-order valence-electron chi connectivity index (χ2n) is 8.03. The molecule has 0 saturated heterocycles. The molecule has 2 aliphatic heterocycles. The summed E-state index contributed by atoms with van der Waals surface area (Å²) in [5.41, 5.74) is 0.901. The van der Waals surface area contributed by atoms with Crippen molar-refractivity contribution in [3.05, 3.63) is 54.1 Å². The predicted octanol–water partition coefficient (Wildman–Crippen LogP) is 2.63. The molecule has 4 rings (SSSR count). The van der Waals surface area contributed by atoms with E-state index in [0.717, 1.165) is 17.6 Å². The Balaban J connectivity index is 1.60. The van der Waals surface area contributed by atoms with Gasteiger partial charge in [0.25, 0.3) is 5.91 Å². The Morgan fingerprint density at radius 1 is 1.10 bits per heavy atom. The largest absolute Gasteiger partial charge is 0.487 e. The summed E-state index contributed by atoms with van der Waals surface area (Å²) in [5, 5.41) is 3.04. The van der Waals surface area contributed by atoms with E-state index in [-0.39, 0.29) is 18.5 Å². The molecular formula is C21H24N2O5S. The van der Waals surface area contributed by atoms with E-state index >= 15 is 0 Å². The molecule has 0 aliphatic carbocycles. The Labute approximate surface area is 170 Å². The minimum absolute atomic E-state index is 0.0735. The van der Waals surface area contributed by atoms with Crippen LogP contribution < -0.4 is 19.1 Å². The first-order valence-corrected chi connectivity index (χ1v) is 11.3. The number of fused-ring (bicyclic) bond motifs is 2. The molecule has 29 heavy (non-hydrogen) atoms. The lowest BCUT2D eigenvalue weighted by Crippen LogP contribution is -2.52. The van der Waals surface area contributed by atoms with Crippen molar-refractivity contribution in [1.29, 1.82) is 0 Å². The van der Waals surface area contributed by atoms with Crippen molar-refractivity contribution in [2.24, 2.45) is 0 Å². The van der Waals surface area contributed by atoms with Gasteiger partial charge in [-0.2, -0.15) is 0 Å². The lowest BCUT2D eigenvalue weighted by Gasteiger charge is -2.39. The molecule has 2 heterocycles. The van der Waals surface area contributed by atoms with Crippen LogP contribution in [0, 0.1) is 0 Å². The number of nitrogens with one attached hydrogen (secondary N) is 1. The minimum Gasteiger partial charge on any atom is -0.487 e. The summed E-state index contributed by atoms with van der Waals surface area (Å²) in [7, 11) is -3.55. The van der Waals surface area contributed by atoms with Crippen LogP contribution in [0.15, 0.2) is 48.5 Å². The Bertz CT molecular complexity index is 1050. The zero-order chi connectivity index (χ0) is 20.8. The predicted molar refractivity (Wildman–Crippen MR) is 110 cm³/mol. The van der Waals surface area contributed by atoms with Crippen LogP contribution in [0.5, 0.6) is 11.5 Å². The third-order valence-corrected chi connectivity index (χ3v) is 6.27. The molecule has 0 bridgehead atoms. The fourth-order valence-electron chi connectivity index (χ4n) is 3.85. The van der Waals surface area contributed by atoms with E-state index in [1.807, 2.05) is 38.1 Å². The maximum Gasteiger partial charge on any atom is 0.263 e. The fourth-order valence-corrected chi connectivity index (χ4v) is 4.76. The number of benzene rings is 2. The molecule has 8 heteroatoms. The van der Waals surface area contributed by atoms with Gasteiger partial charge in [-0.25, -0.2) is 8.42 Å². The van der Waals surface area contributed by atoms with Crippen LogP contribution in [0.1, 0.15) is 31.9 Å². The number of rotatable bonds is 3. The maximum absolute atomic E-state index is 13.1. The summed E-state index contributed by atoms with van der Waals surface area (Å²) in [6.07, 6.45) is 0.772. The second kappa shape index (κ2) is 6.95. The Morgan fingerprint density at radius 3 is 2.48 bits per heavy atom. The van der Waals surface area contributed by atoms with Gasteiger partial charge in [-0.1, -0.05) is 30.3 Å². The van der Waals surface area contributed by atoms with Crippen molar-refractivity contribution in [3.8, 4) is 11.5 Å². The molecule has 2 aliphatic rings. The van der Waals surface area contributed by atoms with Gasteiger partial charge in [-0.05, 0) is 32.0 Å². The number of anilines is 1. The van der Waals surface area contributed by atoms with Gasteiger partial charge in [0.1, 0.15) is 17.1 Å². The molecule has 2 aromatic rings. The summed E-state index contributed by atoms with van der Waals surface area (Å²) in [5.74, 6) is 0.754. The lowest BCUT2D eigenvalue weighted by molar-refractivity contribution is -0.129. The zero-order valence-corrected chi connectivity index (χ0v) is 17.4. The SMILES string of the molecule is CC1(C)C[C@H](NC(=O)[C@@H]2CN(S(C)(=O)=O)c3ccccc3O2)c2ccccc2O1. The molecule has 7 nitrogen and oxygen atoms in total. The van der Waals surface area contributed by atoms with Crippen LogP contribution >= 0.6 is 0 Å². The molecule has 1 amide bonds. The summed E-state index contributed by atoms with van der Waals surface area (Å²) in [6, 6.07) is 14.2. The van der Waals surface area contributed by atoms with Gasteiger partial charge >= 0.3 is 0 Å². The number of carbonyl (C=O) groups is 1. The van der Waals surface area contributed by atoms with Crippen LogP contribution in [0.3, 0.4) is 0 Å². The molecule has 1 N–H and O–H groups in total. The first kappa shape index (κ1) is 19.6. The standard InChI is InChI=1S/C21H24N2O5S/c1-21(2)12-15(14-8-4-6-10-17(14)28-21)22-20(24)19-13-23(29(3,25)26)16-9-5-7-11-18(16)27-19/h4-11,15,19H,12-13H2,1-3H3,(H,22,24)/t15-,19-/m0/s1. The van der Waals surface area contributed by atoms with E-state index in [2.05, 4.69) is 5.32 Å². The van der Waals surface area contributed by atoms with Crippen molar-refractivity contribution >= 4 is 21.6 Å². The Morgan fingerprint density at radius 2 is 1.76 bits per heavy atom. The Kier molecular flexibility index (Phi) is 4.69. The van der Waals surface area contributed by atoms with Crippen LogP contribution in [0.25, 0.3) is 0 Å². The van der Waals surface area contributed by atoms with Gasteiger partial charge in [0.15, 0.2) is 6.10 Å². The molecule has 0 unspecified atom stereocenters. The zero-order valence-electron chi connectivity index (χ0n) is 16.6. The quantitative estimate of drug-likeness (QED) is 0.832. The summed E-state index contributed by atoms with van der Waals surface area (Å²) < 4.78 is 37.6. The van der Waals surface area contributed by atoms with Gasteiger partial charge in [0.2, 0.25) is 10.0 Å². The highest BCUT2D eigenvalue weighted by atomic mass is 32.2. The average molecular weight is 416 g/mol. The maximum atomic E-state index is 13.1. The number of ether oxygens (including phenoxy) is 2. The highest BCUT2D eigenvalue weighted by Crippen LogP contribution is 2.40. The topological polar surface area (TPSA) is 84.9 Å². The third-order valence-electron chi connectivity index (χ3n) is 5.12. The number of amides is 1. The number of para-hydroxylation sites is 3. The molecule has 0 radical (unpaired) electrons. The minimum atomic E-state index is -3.55. The van der Waals surface area contributed by atoms with E-state index in [1.165, 1.54) is 4.31 Å². The average Bonchev–Trinajstić information content (AvgIpc) is 2.65. The molecule has 0 saturated carbocycles. The van der Waals surface area contributed by atoms with E-state index in [4.69, 9.17) is 9.47 Å². The molecule has 2 atom stereocenters. The van der Waals surface area contributed by atoms with Crippen molar-refractivity contribution in [2.75, 3.05) is 17.1 Å². The molecule has 2 aromatic carbocycles. The van der Waals surface area contributed by atoms with Gasteiger partial charge in [-0.15, -0.1) is 0 Å². The number of hydrogen-bond donors (Lipinski definition) is 1. The lowest BCUT2D eigenvalue weighted by atomic mass is 9.89. The van der Waals surface area contributed by atoms with Gasteiger partial charge in [0.05, 0.1) is 24.5 Å². The van der Waals surface area contributed by atoms with Crippen molar-refractivity contribution in [1.82, 2.24) is 5.32 Å². The second-order valence-corrected chi connectivity index (χ2v) is 9.94. The van der Waals surface area contributed by atoms with Crippen LogP contribution in [0.4, 0.5) is 5.69 Å². The highest BCUT2D eigenvalue weighted by molar-refractivity contribution is 7.92. The summed E-state index contributed by atoms with van der Waals surface area (Å²) in [6.45, 7) is 3.87. The van der Waals surface area contributed by atoms with Crippen LogP contribution in [0.2, 0.25) is 0 Å². The van der Waals surface area contributed by atoms with Gasteiger partial charge in [0, 0.05) is 12.0 Å². The molecule has 154 valence electrons. The van der Waals surface area contributed by atoms with E-state index in [9.17, 15) is 13.2 Å². The number of carbonyl (C=O) groups excluding carboxylic acids is 1. The smallest absolute Gasteiger partial charge is 0.263 e. The van der Waals surface area contributed by atoms with Crippen LogP contribution in [-0.2, 0) is 14.8 Å². The summed E-state index contributed by atoms with van der Waals surface area (Å²) >= 11 is 0. The monoisotopic (exact) mass is 416 g/mol. The molecule has 0 spiro atoms. The Hall–Kier alpha value is -2.74. The van der Waals surface area contributed by atoms with Crippen molar-refractivity contribution in [3.63, 3.8) is 0 Å².